The number of nitrogens with zero attached hydrogens (tertiary/aromatic N) is 2. The van der Waals surface area contributed by atoms with Crippen LogP contribution in [-0.4, -0.2) is 24.0 Å². The van der Waals surface area contributed by atoms with Crippen molar-refractivity contribution in [3.05, 3.63) is 24.5 Å². The zero-order valence-corrected chi connectivity index (χ0v) is 9.34. The van der Waals surface area contributed by atoms with Crippen LogP contribution in [-0.2, 0) is 4.79 Å². The van der Waals surface area contributed by atoms with Crippen LogP contribution in [0.4, 0.5) is 5.69 Å². The molecule has 0 aromatic carbocycles. The predicted octanol–water partition coefficient (Wildman–Crippen LogP) is 1.03. The minimum atomic E-state index is -0.455. The second-order valence-electron chi connectivity index (χ2n) is 3.87. The summed E-state index contributed by atoms with van der Waals surface area (Å²) < 4.78 is 0. The van der Waals surface area contributed by atoms with Gasteiger partial charge in [-0.25, -0.2) is 0 Å². The lowest BCUT2D eigenvalue weighted by molar-refractivity contribution is -0.120. The number of aromatic nitrogens is 1. The summed E-state index contributed by atoms with van der Waals surface area (Å²) in [6.45, 7) is 3.87. The zero-order chi connectivity index (χ0) is 11.4. The van der Waals surface area contributed by atoms with E-state index >= 15 is 0 Å². The number of carbonyl (C=O) groups is 1. The van der Waals surface area contributed by atoms with Crippen LogP contribution in [0.25, 0.3) is 0 Å². The van der Waals surface area contributed by atoms with E-state index in [1.165, 1.54) is 0 Å². The van der Waals surface area contributed by atoms with Crippen molar-refractivity contribution in [1.82, 2.24) is 4.98 Å². The molecule has 0 unspecified atom stereocenters. The molecule has 0 aliphatic rings. The maximum atomic E-state index is 11.9. The van der Waals surface area contributed by atoms with Gasteiger partial charge in [-0.1, -0.05) is 13.8 Å². The molecule has 4 nitrogen and oxygen atoms in total. The molecule has 0 saturated carbocycles. The Morgan fingerprint density at radius 2 is 1.93 bits per heavy atom. The van der Waals surface area contributed by atoms with Crippen LogP contribution in [0, 0.1) is 5.92 Å². The third-order valence-electron chi connectivity index (χ3n) is 2.38. The second kappa shape index (κ2) is 4.89. The number of nitrogens with two attached hydrogens (primary N) is 1. The van der Waals surface area contributed by atoms with Crippen molar-refractivity contribution in [2.24, 2.45) is 11.7 Å². The average Bonchev–Trinajstić information content (AvgIpc) is 2.27. The van der Waals surface area contributed by atoms with Crippen molar-refractivity contribution < 1.29 is 4.79 Å². The molecule has 4 heteroatoms. The van der Waals surface area contributed by atoms with Gasteiger partial charge in [-0.15, -0.1) is 0 Å². The van der Waals surface area contributed by atoms with Gasteiger partial charge in [0.25, 0.3) is 0 Å². The van der Waals surface area contributed by atoms with Crippen molar-refractivity contribution in [3.63, 3.8) is 0 Å². The molecule has 0 bridgehead atoms. The molecule has 15 heavy (non-hydrogen) atoms. The van der Waals surface area contributed by atoms with Gasteiger partial charge < -0.3 is 10.6 Å². The molecular weight excluding hydrogens is 190 g/mol. The van der Waals surface area contributed by atoms with Crippen LogP contribution in [0.1, 0.15) is 13.8 Å². The van der Waals surface area contributed by atoms with E-state index in [-0.39, 0.29) is 11.8 Å². The van der Waals surface area contributed by atoms with E-state index in [2.05, 4.69) is 4.98 Å². The van der Waals surface area contributed by atoms with Crippen molar-refractivity contribution >= 4 is 11.6 Å². The van der Waals surface area contributed by atoms with E-state index in [1.54, 1.807) is 36.5 Å². The summed E-state index contributed by atoms with van der Waals surface area (Å²) in [6, 6.07) is 3.11. The Hall–Kier alpha value is -1.42. The van der Waals surface area contributed by atoms with Gasteiger partial charge in [-0.2, -0.15) is 0 Å². The van der Waals surface area contributed by atoms with Gasteiger partial charge in [0.15, 0.2) is 0 Å². The predicted molar refractivity (Wildman–Crippen MR) is 60.5 cm³/mol. The lowest BCUT2D eigenvalue weighted by Crippen LogP contribution is -2.45. The number of hydrogen-bond acceptors (Lipinski definition) is 3. The first-order valence-corrected chi connectivity index (χ1v) is 4.97. The first-order valence-electron chi connectivity index (χ1n) is 4.97. The summed E-state index contributed by atoms with van der Waals surface area (Å²) in [7, 11) is 1.72. The van der Waals surface area contributed by atoms with Crippen LogP contribution in [0.15, 0.2) is 24.5 Å². The van der Waals surface area contributed by atoms with Gasteiger partial charge in [0, 0.05) is 25.1 Å². The van der Waals surface area contributed by atoms with E-state index in [1.807, 2.05) is 13.8 Å². The van der Waals surface area contributed by atoms with E-state index < -0.39 is 6.04 Å². The van der Waals surface area contributed by atoms with Gasteiger partial charge in [0.05, 0.1) is 6.04 Å². The first-order chi connectivity index (χ1) is 7.04. The van der Waals surface area contributed by atoms with Crippen LogP contribution in [0.3, 0.4) is 0 Å². The number of hydrogen-bond donors (Lipinski definition) is 1. The van der Waals surface area contributed by atoms with Crippen LogP contribution < -0.4 is 10.6 Å². The average molecular weight is 207 g/mol. The zero-order valence-electron chi connectivity index (χ0n) is 9.34. The number of anilines is 1. The maximum absolute atomic E-state index is 11.9. The molecule has 0 spiro atoms. The number of rotatable bonds is 3. The fourth-order valence-electron chi connectivity index (χ4n) is 1.20. The number of amides is 1. The van der Waals surface area contributed by atoms with Crippen LogP contribution in [0.5, 0.6) is 0 Å². The highest BCUT2D eigenvalue weighted by atomic mass is 16.2. The monoisotopic (exact) mass is 207 g/mol. The van der Waals surface area contributed by atoms with Gasteiger partial charge in [0.1, 0.15) is 0 Å². The van der Waals surface area contributed by atoms with Gasteiger partial charge in [-0.05, 0) is 18.1 Å². The summed E-state index contributed by atoms with van der Waals surface area (Å²) in [5, 5.41) is 0. The van der Waals surface area contributed by atoms with Gasteiger partial charge in [-0.3, -0.25) is 9.78 Å². The van der Waals surface area contributed by atoms with Gasteiger partial charge >= 0.3 is 0 Å². The van der Waals surface area contributed by atoms with Crippen molar-refractivity contribution in [2.45, 2.75) is 19.9 Å². The number of carbonyl (C=O) groups excluding carboxylic acids is 1. The molecule has 82 valence electrons. The molecule has 1 aromatic rings. The summed E-state index contributed by atoms with van der Waals surface area (Å²) >= 11 is 0. The SMILES string of the molecule is CC(C)[C@H](N)C(=O)N(C)c1ccncc1. The molecule has 1 aromatic heterocycles. The fraction of sp³-hybridized carbons (Fsp3) is 0.455. The maximum Gasteiger partial charge on any atom is 0.243 e. The second-order valence-corrected chi connectivity index (χ2v) is 3.87. The molecule has 1 rings (SSSR count). The molecule has 0 saturated heterocycles. The Labute approximate surface area is 90.1 Å². The third kappa shape index (κ3) is 2.76. The smallest absolute Gasteiger partial charge is 0.243 e. The highest BCUT2D eigenvalue weighted by molar-refractivity contribution is 5.96. The third-order valence-corrected chi connectivity index (χ3v) is 2.38. The standard InChI is InChI=1S/C11H17N3O/c1-8(2)10(12)11(15)14(3)9-4-6-13-7-5-9/h4-8,10H,12H2,1-3H3/t10-/m0/s1. The Morgan fingerprint density at radius 1 is 1.40 bits per heavy atom. The van der Waals surface area contributed by atoms with E-state index in [4.69, 9.17) is 5.73 Å². The number of likely N-dealkylation sites (N-methyl/N-ethyl adjacent to an activating group) is 1. The largest absolute Gasteiger partial charge is 0.320 e. The highest BCUT2D eigenvalue weighted by Gasteiger charge is 2.21. The lowest BCUT2D eigenvalue weighted by Gasteiger charge is -2.23. The summed E-state index contributed by atoms with van der Waals surface area (Å²) in [5.41, 5.74) is 6.60. The Kier molecular flexibility index (Phi) is 3.80. The molecule has 0 radical (unpaired) electrons. The fourth-order valence-corrected chi connectivity index (χ4v) is 1.20. The molecular formula is C11H17N3O. The van der Waals surface area contributed by atoms with E-state index in [0.717, 1.165) is 5.69 Å². The minimum Gasteiger partial charge on any atom is -0.320 e. The molecule has 0 fully saturated rings. The molecule has 1 amide bonds. The van der Waals surface area contributed by atoms with Gasteiger partial charge in [0.2, 0.25) is 5.91 Å². The Bertz CT molecular complexity index is 324. The van der Waals surface area contributed by atoms with Crippen molar-refractivity contribution in [2.75, 3.05) is 11.9 Å². The topological polar surface area (TPSA) is 59.2 Å². The van der Waals surface area contributed by atoms with Crippen LogP contribution >= 0.6 is 0 Å². The molecule has 1 heterocycles. The molecule has 1 atom stereocenters. The highest BCUT2D eigenvalue weighted by Crippen LogP contribution is 2.12. The minimum absolute atomic E-state index is 0.0730. The lowest BCUT2D eigenvalue weighted by atomic mass is 10.0. The summed E-state index contributed by atoms with van der Waals surface area (Å²) in [4.78, 5) is 17.3. The normalized spacial score (nSPS) is 12.6. The van der Waals surface area contributed by atoms with Crippen LogP contribution in [0.2, 0.25) is 0 Å². The molecule has 2 N–H and O–H groups in total. The van der Waals surface area contributed by atoms with Crippen molar-refractivity contribution in [1.29, 1.82) is 0 Å². The van der Waals surface area contributed by atoms with E-state index in [0.29, 0.717) is 0 Å². The summed E-state index contributed by atoms with van der Waals surface area (Å²) in [6.07, 6.45) is 3.31. The van der Waals surface area contributed by atoms with Crippen molar-refractivity contribution in [3.8, 4) is 0 Å². The Balaban J connectivity index is 2.78. The first kappa shape index (κ1) is 11.7. The summed E-state index contributed by atoms with van der Waals surface area (Å²) in [5.74, 6) is 0.0676. The molecule has 0 aliphatic heterocycles. The Morgan fingerprint density at radius 3 is 2.40 bits per heavy atom. The van der Waals surface area contributed by atoms with E-state index in [9.17, 15) is 4.79 Å². The quantitative estimate of drug-likeness (QED) is 0.805. The molecule has 0 aliphatic carbocycles. The number of pyridine rings is 1.